The number of carbonyl (C=O) groups excluding carboxylic acids is 2. The van der Waals surface area contributed by atoms with Crippen LogP contribution in [0, 0.1) is 5.92 Å². The third-order valence-corrected chi connectivity index (χ3v) is 5.98. The molecule has 0 saturated carbocycles. The van der Waals surface area contributed by atoms with Crippen molar-refractivity contribution in [3.8, 4) is 0 Å². The fourth-order valence-corrected chi connectivity index (χ4v) is 4.36. The zero-order chi connectivity index (χ0) is 19.7. The van der Waals surface area contributed by atoms with Crippen LogP contribution in [0.25, 0.3) is 0 Å². The Morgan fingerprint density at radius 1 is 1.14 bits per heavy atom. The molecule has 2 amide bonds. The fourth-order valence-electron chi connectivity index (χ4n) is 4.36. The van der Waals surface area contributed by atoms with Crippen LogP contribution < -0.4 is 4.90 Å². The standard InChI is InChI=1S/C23H28N2O3/c1-16(2)17-7-8-21-18(13-17)5-4-11-25(21)23(27)19-6-3-10-24(14-19)22(26)20-9-12-28-15-20/h7-9,12-13,15-16,19H,3-6,10-11,14H2,1-2H3. The summed E-state index contributed by atoms with van der Waals surface area (Å²) in [5, 5.41) is 0. The molecule has 2 aliphatic rings. The number of anilines is 1. The van der Waals surface area contributed by atoms with Crippen LogP contribution in [0.5, 0.6) is 0 Å². The third kappa shape index (κ3) is 3.58. The Balaban J connectivity index is 1.51. The van der Waals surface area contributed by atoms with Crippen molar-refractivity contribution in [1.29, 1.82) is 0 Å². The summed E-state index contributed by atoms with van der Waals surface area (Å²) in [5.74, 6) is 0.451. The van der Waals surface area contributed by atoms with E-state index in [1.165, 1.54) is 23.7 Å². The Hall–Kier alpha value is -2.56. The lowest BCUT2D eigenvalue weighted by Gasteiger charge is -2.37. The van der Waals surface area contributed by atoms with Crippen molar-refractivity contribution in [3.05, 3.63) is 53.5 Å². The highest BCUT2D eigenvalue weighted by Gasteiger charge is 2.34. The summed E-state index contributed by atoms with van der Waals surface area (Å²) in [6, 6.07) is 8.19. The predicted octanol–water partition coefficient (Wildman–Crippen LogP) is 4.23. The molecule has 1 aromatic heterocycles. The van der Waals surface area contributed by atoms with Gasteiger partial charge < -0.3 is 14.2 Å². The first-order chi connectivity index (χ1) is 13.5. The van der Waals surface area contributed by atoms with Gasteiger partial charge in [0.25, 0.3) is 5.91 Å². The Labute approximate surface area is 166 Å². The lowest BCUT2D eigenvalue weighted by Crippen LogP contribution is -2.48. The molecule has 0 aliphatic carbocycles. The van der Waals surface area contributed by atoms with Crippen LogP contribution in [0.1, 0.15) is 60.5 Å². The summed E-state index contributed by atoms with van der Waals surface area (Å²) in [6.07, 6.45) is 6.69. The Morgan fingerprint density at radius 2 is 2.00 bits per heavy atom. The van der Waals surface area contributed by atoms with Gasteiger partial charge in [-0.15, -0.1) is 0 Å². The van der Waals surface area contributed by atoms with E-state index in [-0.39, 0.29) is 17.7 Å². The van der Waals surface area contributed by atoms with Gasteiger partial charge in [0.05, 0.1) is 17.7 Å². The molecule has 0 spiro atoms. The second kappa shape index (κ2) is 7.82. The minimum absolute atomic E-state index is 0.0492. The van der Waals surface area contributed by atoms with E-state index in [0.717, 1.165) is 37.9 Å². The van der Waals surface area contributed by atoms with E-state index in [4.69, 9.17) is 4.42 Å². The molecule has 0 N–H and O–H groups in total. The zero-order valence-electron chi connectivity index (χ0n) is 16.7. The number of benzene rings is 1. The summed E-state index contributed by atoms with van der Waals surface area (Å²) in [6.45, 7) is 6.34. The van der Waals surface area contributed by atoms with Gasteiger partial charge in [0, 0.05) is 25.3 Å². The van der Waals surface area contributed by atoms with Gasteiger partial charge in [-0.1, -0.05) is 26.0 Å². The maximum atomic E-state index is 13.4. The van der Waals surface area contributed by atoms with Gasteiger partial charge in [0.15, 0.2) is 0 Å². The number of hydrogen-bond donors (Lipinski definition) is 0. The van der Waals surface area contributed by atoms with Crippen LogP contribution in [0.3, 0.4) is 0 Å². The number of aryl methyl sites for hydroxylation is 1. The number of hydrogen-bond acceptors (Lipinski definition) is 3. The summed E-state index contributed by atoms with van der Waals surface area (Å²) in [4.78, 5) is 29.8. The molecule has 28 heavy (non-hydrogen) atoms. The molecule has 1 atom stereocenters. The van der Waals surface area contributed by atoms with E-state index >= 15 is 0 Å². The van der Waals surface area contributed by atoms with E-state index in [1.54, 1.807) is 11.0 Å². The molecular weight excluding hydrogens is 352 g/mol. The van der Waals surface area contributed by atoms with Gasteiger partial charge in [-0.2, -0.15) is 0 Å². The molecule has 1 saturated heterocycles. The minimum Gasteiger partial charge on any atom is -0.472 e. The highest BCUT2D eigenvalue weighted by atomic mass is 16.3. The molecule has 148 valence electrons. The number of furan rings is 1. The van der Waals surface area contributed by atoms with Crippen molar-refractivity contribution in [2.45, 2.75) is 45.4 Å². The van der Waals surface area contributed by atoms with Crippen molar-refractivity contribution in [3.63, 3.8) is 0 Å². The van der Waals surface area contributed by atoms with Crippen LogP contribution in [0.4, 0.5) is 5.69 Å². The molecule has 2 aromatic rings. The molecule has 1 fully saturated rings. The summed E-state index contributed by atoms with van der Waals surface area (Å²) >= 11 is 0. The Bertz CT molecular complexity index is 857. The Morgan fingerprint density at radius 3 is 2.75 bits per heavy atom. The zero-order valence-corrected chi connectivity index (χ0v) is 16.7. The van der Waals surface area contributed by atoms with Gasteiger partial charge in [0.1, 0.15) is 6.26 Å². The number of amides is 2. The van der Waals surface area contributed by atoms with E-state index in [1.807, 2.05) is 4.90 Å². The SMILES string of the molecule is CC(C)c1ccc2c(c1)CCCN2C(=O)C1CCCN(C(=O)c2ccoc2)C1. The normalized spacial score (nSPS) is 19.6. The number of piperidine rings is 1. The first-order valence-electron chi connectivity index (χ1n) is 10.3. The molecule has 4 rings (SSSR count). The smallest absolute Gasteiger partial charge is 0.257 e. The monoisotopic (exact) mass is 380 g/mol. The van der Waals surface area contributed by atoms with Crippen molar-refractivity contribution in [2.24, 2.45) is 5.92 Å². The van der Waals surface area contributed by atoms with Gasteiger partial charge in [-0.3, -0.25) is 9.59 Å². The maximum Gasteiger partial charge on any atom is 0.257 e. The van der Waals surface area contributed by atoms with Crippen molar-refractivity contribution in [1.82, 2.24) is 4.90 Å². The van der Waals surface area contributed by atoms with Crippen molar-refractivity contribution < 1.29 is 14.0 Å². The highest BCUT2D eigenvalue weighted by Crippen LogP contribution is 2.32. The molecule has 1 aromatic carbocycles. The third-order valence-electron chi connectivity index (χ3n) is 5.98. The van der Waals surface area contributed by atoms with E-state index in [9.17, 15) is 9.59 Å². The minimum atomic E-state index is -0.139. The molecule has 0 radical (unpaired) electrons. The molecule has 1 unspecified atom stereocenters. The number of nitrogens with zero attached hydrogens (tertiary/aromatic N) is 2. The average Bonchev–Trinajstić information content (AvgIpc) is 3.26. The number of likely N-dealkylation sites (tertiary alicyclic amines) is 1. The summed E-state index contributed by atoms with van der Waals surface area (Å²) < 4.78 is 5.04. The van der Waals surface area contributed by atoms with Crippen LogP contribution in [-0.4, -0.2) is 36.3 Å². The van der Waals surface area contributed by atoms with Crippen molar-refractivity contribution in [2.75, 3.05) is 24.5 Å². The number of fused-ring (bicyclic) bond motifs is 1. The van der Waals surface area contributed by atoms with Gasteiger partial charge in [-0.05, 0) is 54.9 Å². The number of rotatable bonds is 3. The average molecular weight is 380 g/mol. The maximum absolute atomic E-state index is 13.4. The summed E-state index contributed by atoms with van der Waals surface area (Å²) in [5.41, 5.74) is 4.20. The molecule has 5 nitrogen and oxygen atoms in total. The predicted molar refractivity (Wildman–Crippen MR) is 109 cm³/mol. The topological polar surface area (TPSA) is 53.8 Å². The van der Waals surface area contributed by atoms with Crippen LogP contribution >= 0.6 is 0 Å². The van der Waals surface area contributed by atoms with E-state index in [0.29, 0.717) is 24.6 Å². The highest BCUT2D eigenvalue weighted by molar-refractivity contribution is 5.98. The lowest BCUT2D eigenvalue weighted by atomic mass is 9.92. The second-order valence-electron chi connectivity index (χ2n) is 8.24. The molecule has 2 aliphatic heterocycles. The second-order valence-corrected chi connectivity index (χ2v) is 8.24. The van der Waals surface area contributed by atoms with Crippen LogP contribution in [0.2, 0.25) is 0 Å². The van der Waals surface area contributed by atoms with Crippen LogP contribution in [0.15, 0.2) is 41.2 Å². The quantitative estimate of drug-likeness (QED) is 0.800. The van der Waals surface area contributed by atoms with Gasteiger partial charge in [0.2, 0.25) is 5.91 Å². The van der Waals surface area contributed by atoms with Crippen LogP contribution in [-0.2, 0) is 11.2 Å². The first-order valence-corrected chi connectivity index (χ1v) is 10.3. The van der Waals surface area contributed by atoms with Crippen molar-refractivity contribution >= 4 is 17.5 Å². The van der Waals surface area contributed by atoms with Gasteiger partial charge >= 0.3 is 0 Å². The van der Waals surface area contributed by atoms with E-state index < -0.39 is 0 Å². The van der Waals surface area contributed by atoms with Gasteiger partial charge in [-0.25, -0.2) is 0 Å². The largest absolute Gasteiger partial charge is 0.472 e. The molecule has 3 heterocycles. The number of carbonyl (C=O) groups is 2. The molecular formula is C23H28N2O3. The van der Waals surface area contributed by atoms with E-state index in [2.05, 4.69) is 32.0 Å². The molecule has 0 bridgehead atoms. The fraction of sp³-hybridized carbons (Fsp3) is 0.478. The lowest BCUT2D eigenvalue weighted by molar-refractivity contribution is -0.123. The summed E-state index contributed by atoms with van der Waals surface area (Å²) in [7, 11) is 0. The first kappa shape index (κ1) is 18.8. The Kier molecular flexibility index (Phi) is 5.25. The molecule has 5 heteroatoms.